The molecule has 0 aliphatic heterocycles. The highest BCUT2D eigenvalue weighted by atomic mass is 32.1. The number of nitrogens with zero attached hydrogens (tertiary/aromatic N) is 3. The lowest BCUT2D eigenvalue weighted by Crippen LogP contribution is -2.44. The predicted octanol–water partition coefficient (Wildman–Crippen LogP) is 3.44. The maximum absolute atomic E-state index is 4.52. The van der Waals surface area contributed by atoms with Crippen LogP contribution in [-0.2, 0) is 12.0 Å². The smallest absolute Gasteiger partial charge is 0.193 e. The van der Waals surface area contributed by atoms with Crippen LogP contribution in [0.1, 0.15) is 30.1 Å². The van der Waals surface area contributed by atoms with Gasteiger partial charge in [-0.25, -0.2) is 4.98 Å². The molecule has 2 aromatic rings. The molecule has 0 saturated carbocycles. The zero-order valence-electron chi connectivity index (χ0n) is 14.6. The van der Waals surface area contributed by atoms with Crippen molar-refractivity contribution < 1.29 is 0 Å². The summed E-state index contributed by atoms with van der Waals surface area (Å²) in [5.74, 6) is 0.889. The molecule has 0 atom stereocenters. The Morgan fingerprint density at radius 3 is 2.57 bits per heavy atom. The molecule has 1 aromatic carbocycles. The molecule has 0 radical (unpaired) electrons. The highest BCUT2D eigenvalue weighted by Crippen LogP contribution is 2.21. The van der Waals surface area contributed by atoms with Gasteiger partial charge >= 0.3 is 0 Å². The highest BCUT2D eigenvalue weighted by molar-refractivity contribution is 7.09. The van der Waals surface area contributed by atoms with Crippen molar-refractivity contribution in [1.29, 1.82) is 0 Å². The minimum Gasteiger partial charge on any atom is -0.355 e. The number of guanidine groups is 1. The average molecular weight is 331 g/mol. The van der Waals surface area contributed by atoms with Crippen LogP contribution in [0.2, 0.25) is 0 Å². The fraction of sp³-hybridized carbons (Fsp3) is 0.444. The molecular formula is C18H26N4S. The maximum Gasteiger partial charge on any atom is 0.193 e. The number of aromatic nitrogens is 1. The van der Waals surface area contributed by atoms with Gasteiger partial charge in [-0.2, -0.15) is 0 Å². The molecular weight excluding hydrogens is 304 g/mol. The Bertz CT molecular complexity index is 646. The quantitative estimate of drug-likeness (QED) is 0.674. The lowest BCUT2D eigenvalue weighted by atomic mass is 9.85. The number of thiazole rings is 1. The van der Waals surface area contributed by atoms with Crippen LogP contribution in [0.15, 0.2) is 40.7 Å². The zero-order chi connectivity index (χ0) is 16.9. The van der Waals surface area contributed by atoms with E-state index >= 15 is 0 Å². The molecule has 124 valence electrons. The van der Waals surface area contributed by atoms with E-state index in [-0.39, 0.29) is 5.41 Å². The number of nitrogens with one attached hydrogen (secondary N) is 1. The molecule has 0 spiro atoms. The fourth-order valence-electron chi connectivity index (χ4n) is 2.47. The van der Waals surface area contributed by atoms with E-state index in [9.17, 15) is 0 Å². The lowest BCUT2D eigenvalue weighted by molar-refractivity contribution is 0.445. The summed E-state index contributed by atoms with van der Waals surface area (Å²) in [4.78, 5) is 11.0. The van der Waals surface area contributed by atoms with Crippen molar-refractivity contribution in [1.82, 2.24) is 15.2 Å². The van der Waals surface area contributed by atoms with Gasteiger partial charge in [0.15, 0.2) is 5.96 Å². The SMILES string of the molecule is CN=C(NCC(C)(C)c1ccccc1)N(C)Cc1csc(C)n1. The summed E-state index contributed by atoms with van der Waals surface area (Å²) >= 11 is 1.68. The Hall–Kier alpha value is -1.88. The number of benzene rings is 1. The molecule has 0 aliphatic carbocycles. The Morgan fingerprint density at radius 2 is 2.00 bits per heavy atom. The predicted molar refractivity (Wildman–Crippen MR) is 99.1 cm³/mol. The van der Waals surface area contributed by atoms with Crippen molar-refractivity contribution in [2.75, 3.05) is 20.6 Å². The summed E-state index contributed by atoms with van der Waals surface area (Å²) < 4.78 is 0. The summed E-state index contributed by atoms with van der Waals surface area (Å²) in [6, 6.07) is 10.6. The van der Waals surface area contributed by atoms with Crippen molar-refractivity contribution in [2.45, 2.75) is 32.7 Å². The second-order valence-electron chi connectivity index (χ2n) is 6.36. The topological polar surface area (TPSA) is 40.5 Å². The van der Waals surface area contributed by atoms with Crippen LogP contribution in [-0.4, -0.2) is 36.5 Å². The largest absolute Gasteiger partial charge is 0.355 e. The molecule has 4 nitrogen and oxygen atoms in total. The van der Waals surface area contributed by atoms with Gasteiger partial charge in [-0.3, -0.25) is 4.99 Å². The molecule has 0 aliphatic rings. The van der Waals surface area contributed by atoms with Gasteiger partial charge < -0.3 is 10.2 Å². The van der Waals surface area contributed by atoms with Gasteiger partial charge in [0.2, 0.25) is 0 Å². The monoisotopic (exact) mass is 330 g/mol. The van der Waals surface area contributed by atoms with Crippen LogP contribution >= 0.6 is 11.3 Å². The number of aryl methyl sites for hydroxylation is 1. The first kappa shape index (κ1) is 17.5. The third-order valence-corrected chi connectivity index (χ3v) is 4.71. The van der Waals surface area contributed by atoms with Gasteiger partial charge in [0.05, 0.1) is 17.2 Å². The molecule has 23 heavy (non-hydrogen) atoms. The van der Waals surface area contributed by atoms with Gasteiger partial charge in [-0.1, -0.05) is 44.2 Å². The molecule has 0 unspecified atom stereocenters. The van der Waals surface area contributed by atoms with Crippen molar-refractivity contribution >= 4 is 17.3 Å². The Labute approximate surface area is 143 Å². The second kappa shape index (κ2) is 7.59. The zero-order valence-corrected chi connectivity index (χ0v) is 15.4. The summed E-state index contributed by atoms with van der Waals surface area (Å²) in [5.41, 5.74) is 2.44. The third-order valence-electron chi connectivity index (χ3n) is 3.88. The third kappa shape index (κ3) is 4.79. The molecule has 1 N–H and O–H groups in total. The first-order valence-electron chi connectivity index (χ1n) is 7.80. The van der Waals surface area contributed by atoms with E-state index in [4.69, 9.17) is 0 Å². The normalized spacial score (nSPS) is 12.3. The van der Waals surface area contributed by atoms with Crippen molar-refractivity contribution in [2.24, 2.45) is 4.99 Å². The van der Waals surface area contributed by atoms with Crippen LogP contribution in [0.5, 0.6) is 0 Å². The summed E-state index contributed by atoms with van der Waals surface area (Å²) in [6.45, 7) is 8.10. The Balaban J connectivity index is 1.97. The van der Waals surface area contributed by atoms with E-state index in [0.717, 1.165) is 29.8 Å². The van der Waals surface area contributed by atoms with Crippen LogP contribution in [0.4, 0.5) is 0 Å². The highest BCUT2D eigenvalue weighted by Gasteiger charge is 2.21. The molecule has 0 saturated heterocycles. The summed E-state index contributed by atoms with van der Waals surface area (Å²) in [7, 11) is 3.86. The van der Waals surface area contributed by atoms with Crippen LogP contribution in [0.3, 0.4) is 0 Å². The first-order valence-corrected chi connectivity index (χ1v) is 8.68. The first-order chi connectivity index (χ1) is 10.9. The number of rotatable bonds is 5. The second-order valence-corrected chi connectivity index (χ2v) is 7.43. The average Bonchev–Trinajstić information content (AvgIpc) is 2.93. The van der Waals surface area contributed by atoms with E-state index in [1.165, 1.54) is 5.56 Å². The number of hydrogen-bond donors (Lipinski definition) is 1. The van der Waals surface area contributed by atoms with Crippen molar-refractivity contribution in [3.63, 3.8) is 0 Å². The Kier molecular flexibility index (Phi) is 5.77. The van der Waals surface area contributed by atoms with E-state index in [2.05, 4.69) is 69.8 Å². The van der Waals surface area contributed by atoms with Gasteiger partial charge in [0, 0.05) is 31.4 Å². The van der Waals surface area contributed by atoms with Crippen molar-refractivity contribution in [3.05, 3.63) is 52.0 Å². The van der Waals surface area contributed by atoms with Crippen LogP contribution < -0.4 is 5.32 Å². The van der Waals surface area contributed by atoms with E-state index in [1.807, 2.05) is 21.0 Å². The van der Waals surface area contributed by atoms with Crippen LogP contribution in [0.25, 0.3) is 0 Å². The molecule has 5 heteroatoms. The molecule has 0 bridgehead atoms. The van der Waals surface area contributed by atoms with Crippen LogP contribution in [0, 0.1) is 6.92 Å². The van der Waals surface area contributed by atoms with Gasteiger partial charge in [-0.05, 0) is 12.5 Å². The van der Waals surface area contributed by atoms with Gasteiger partial charge in [-0.15, -0.1) is 11.3 Å². The maximum atomic E-state index is 4.52. The summed E-state index contributed by atoms with van der Waals surface area (Å²) in [6.07, 6.45) is 0. The minimum atomic E-state index is 0.0370. The van der Waals surface area contributed by atoms with E-state index in [1.54, 1.807) is 11.3 Å². The molecule has 2 rings (SSSR count). The minimum absolute atomic E-state index is 0.0370. The van der Waals surface area contributed by atoms with Gasteiger partial charge in [0.25, 0.3) is 0 Å². The van der Waals surface area contributed by atoms with E-state index < -0.39 is 0 Å². The molecule has 1 aromatic heterocycles. The van der Waals surface area contributed by atoms with Gasteiger partial charge in [0.1, 0.15) is 0 Å². The molecule has 1 heterocycles. The number of aliphatic imine (C=N–C) groups is 1. The molecule has 0 fully saturated rings. The fourth-order valence-corrected chi connectivity index (χ4v) is 3.08. The Morgan fingerprint density at radius 1 is 1.30 bits per heavy atom. The summed E-state index contributed by atoms with van der Waals surface area (Å²) in [5, 5.41) is 6.69. The number of hydrogen-bond acceptors (Lipinski definition) is 3. The van der Waals surface area contributed by atoms with E-state index in [0.29, 0.717) is 0 Å². The molecule has 0 amide bonds. The standard InChI is InChI=1S/C18H26N4S/c1-14-21-16(12-23-14)11-22(5)17(19-4)20-13-18(2,3)15-9-7-6-8-10-15/h6-10,12H,11,13H2,1-5H3,(H,19,20). The van der Waals surface area contributed by atoms with Crippen molar-refractivity contribution in [3.8, 4) is 0 Å². The lowest BCUT2D eigenvalue weighted by Gasteiger charge is -2.29.